The fourth-order valence-electron chi connectivity index (χ4n) is 3.31. The van der Waals surface area contributed by atoms with Gasteiger partial charge in [0, 0.05) is 5.41 Å². The second-order valence-electron chi connectivity index (χ2n) is 7.93. The number of phosphoric acid groups is 1. The highest BCUT2D eigenvalue weighted by atomic mass is 31.2. The fourth-order valence-corrected chi connectivity index (χ4v) is 3.64. The number of hydrogen-bond acceptors (Lipinski definition) is 10. The highest BCUT2D eigenvalue weighted by Crippen LogP contribution is 2.44. The smallest absolute Gasteiger partial charge is 0.385 e. The number of carbonyl (C=O) groups excluding carboxylic acids is 1. The molecular weight excluding hydrogens is 425 g/mol. The minimum absolute atomic E-state index is 0.0950. The Hall–Kier alpha value is -2.19. The number of imidazole rings is 1. The molecule has 0 radical (unpaired) electrons. The lowest BCUT2D eigenvalue weighted by atomic mass is 9.75. The van der Waals surface area contributed by atoms with Crippen molar-refractivity contribution in [2.24, 2.45) is 5.41 Å². The van der Waals surface area contributed by atoms with E-state index in [0.717, 1.165) is 10.9 Å². The lowest BCUT2D eigenvalue weighted by Crippen LogP contribution is -2.59. The molecule has 3 rings (SSSR count). The lowest BCUT2D eigenvalue weighted by molar-refractivity contribution is -0.162. The molecule has 0 unspecified atom stereocenters. The van der Waals surface area contributed by atoms with Crippen LogP contribution in [0.25, 0.3) is 11.2 Å². The molecule has 0 bridgehead atoms. The molecule has 7 N–H and O–H groups in total. The average Bonchev–Trinajstić information content (AvgIpc) is 3.12. The van der Waals surface area contributed by atoms with Gasteiger partial charge in [-0.25, -0.2) is 9.55 Å². The van der Waals surface area contributed by atoms with Crippen molar-refractivity contribution in [3.63, 3.8) is 0 Å². The van der Waals surface area contributed by atoms with Gasteiger partial charge in [0.1, 0.15) is 12.2 Å². The fraction of sp³-hybridized carbons (Fsp3) is 0.600. The largest absolute Gasteiger partial charge is 0.469 e. The summed E-state index contributed by atoms with van der Waals surface area (Å²) in [5.74, 6) is -1.09. The van der Waals surface area contributed by atoms with Gasteiger partial charge in [-0.15, -0.1) is 0 Å². The lowest BCUT2D eigenvalue weighted by Gasteiger charge is -2.34. The van der Waals surface area contributed by atoms with Crippen LogP contribution < -0.4 is 11.3 Å². The van der Waals surface area contributed by atoms with Gasteiger partial charge in [0.05, 0.1) is 12.9 Å². The highest BCUT2D eigenvalue weighted by Gasteiger charge is 2.62. The number of ketones is 1. The van der Waals surface area contributed by atoms with Crippen molar-refractivity contribution < 1.29 is 38.6 Å². The molecule has 0 saturated carbocycles. The highest BCUT2D eigenvalue weighted by molar-refractivity contribution is 7.46. The number of aromatic amines is 1. The molecule has 1 aliphatic rings. The first kappa shape index (κ1) is 22.5. The van der Waals surface area contributed by atoms with E-state index in [1.54, 1.807) is 0 Å². The molecule has 0 aromatic carbocycles. The number of Topliss-reactive ketones (excluding diaryl/α,β-unsaturated/α-hetero) is 1. The van der Waals surface area contributed by atoms with Crippen LogP contribution in [-0.2, 0) is 18.6 Å². The number of ether oxygens (including phenoxy) is 1. The number of H-pyrrole nitrogens is 1. The van der Waals surface area contributed by atoms with E-state index in [1.807, 2.05) is 0 Å². The van der Waals surface area contributed by atoms with Gasteiger partial charge in [0.15, 0.2) is 28.8 Å². The number of aliphatic hydroxyl groups excluding tert-OH is 1. The molecule has 4 atom stereocenters. The van der Waals surface area contributed by atoms with Crippen LogP contribution in [0.5, 0.6) is 0 Å². The van der Waals surface area contributed by atoms with E-state index >= 15 is 0 Å². The molecule has 15 heteroatoms. The molecule has 30 heavy (non-hydrogen) atoms. The second-order valence-corrected chi connectivity index (χ2v) is 9.17. The predicted octanol–water partition coefficient (Wildman–Crippen LogP) is -1.58. The molecule has 0 amide bonds. The Balaban J connectivity index is 2.09. The van der Waals surface area contributed by atoms with E-state index in [1.165, 1.54) is 20.8 Å². The number of nitrogens with zero attached hydrogens (tertiary/aromatic N) is 3. The number of anilines is 1. The average molecular weight is 447 g/mol. The van der Waals surface area contributed by atoms with Crippen LogP contribution >= 0.6 is 7.82 Å². The molecule has 1 fully saturated rings. The van der Waals surface area contributed by atoms with Gasteiger partial charge in [-0.2, -0.15) is 4.98 Å². The van der Waals surface area contributed by atoms with Gasteiger partial charge in [-0.05, 0) is 0 Å². The third kappa shape index (κ3) is 3.78. The summed E-state index contributed by atoms with van der Waals surface area (Å²) in [6, 6.07) is 0. The summed E-state index contributed by atoms with van der Waals surface area (Å²) < 4.78 is 22.2. The number of phosphoric ester groups is 1. The maximum Gasteiger partial charge on any atom is 0.469 e. The summed E-state index contributed by atoms with van der Waals surface area (Å²) in [7, 11) is -4.97. The van der Waals surface area contributed by atoms with Crippen LogP contribution in [0.15, 0.2) is 11.1 Å². The van der Waals surface area contributed by atoms with Crippen molar-refractivity contribution in [1.29, 1.82) is 0 Å². The van der Waals surface area contributed by atoms with Gasteiger partial charge in [-0.1, -0.05) is 20.8 Å². The number of rotatable bonds is 5. The number of fused-ring (bicyclic) bond motifs is 1. The summed E-state index contributed by atoms with van der Waals surface area (Å²) in [5, 5.41) is 22.0. The van der Waals surface area contributed by atoms with E-state index in [2.05, 4.69) is 19.5 Å². The predicted molar refractivity (Wildman–Crippen MR) is 99.9 cm³/mol. The maximum absolute atomic E-state index is 13.0. The summed E-state index contributed by atoms with van der Waals surface area (Å²) in [6.45, 7) is 3.56. The van der Waals surface area contributed by atoms with Gasteiger partial charge < -0.3 is 30.5 Å². The molecule has 0 aliphatic carbocycles. The van der Waals surface area contributed by atoms with E-state index < -0.39 is 55.2 Å². The quantitative estimate of drug-likeness (QED) is 0.286. The van der Waals surface area contributed by atoms with Gasteiger partial charge in [0.25, 0.3) is 5.56 Å². The number of nitrogen functional groups attached to an aromatic ring is 1. The van der Waals surface area contributed by atoms with Crippen LogP contribution in [0.2, 0.25) is 0 Å². The molecule has 2 aromatic heterocycles. The summed E-state index contributed by atoms with van der Waals surface area (Å²) >= 11 is 0. The number of hydrogen-bond donors (Lipinski definition) is 6. The third-order valence-corrected chi connectivity index (χ3v) is 5.16. The van der Waals surface area contributed by atoms with Crippen molar-refractivity contribution in [3.05, 3.63) is 16.7 Å². The van der Waals surface area contributed by atoms with Crippen molar-refractivity contribution in [1.82, 2.24) is 19.5 Å². The maximum atomic E-state index is 13.0. The van der Waals surface area contributed by atoms with Crippen molar-refractivity contribution >= 4 is 30.7 Å². The van der Waals surface area contributed by atoms with E-state index in [4.69, 9.17) is 20.3 Å². The second kappa shape index (κ2) is 7.20. The van der Waals surface area contributed by atoms with Gasteiger partial charge in [-0.3, -0.25) is 23.7 Å². The summed E-state index contributed by atoms with van der Waals surface area (Å²) in [4.78, 5) is 53.0. The normalized spacial score (nSPS) is 27.6. The molecule has 1 saturated heterocycles. The Morgan fingerprint density at radius 2 is 2.10 bits per heavy atom. The van der Waals surface area contributed by atoms with Crippen molar-refractivity contribution in [3.8, 4) is 0 Å². The Morgan fingerprint density at radius 1 is 1.47 bits per heavy atom. The van der Waals surface area contributed by atoms with Crippen LogP contribution in [0, 0.1) is 5.41 Å². The zero-order chi connectivity index (χ0) is 22.6. The van der Waals surface area contributed by atoms with E-state index in [-0.39, 0.29) is 17.1 Å². The zero-order valence-electron chi connectivity index (χ0n) is 16.2. The van der Waals surface area contributed by atoms with Crippen molar-refractivity contribution in [2.45, 2.75) is 44.8 Å². The summed E-state index contributed by atoms with van der Waals surface area (Å²) in [5.41, 5.74) is 0.895. The Morgan fingerprint density at radius 3 is 2.67 bits per heavy atom. The molecule has 3 heterocycles. The standard InChI is InChI=1S/C15H22N5O9P/c1-14(2,3)12(23)15(24)6(4-28-30(25,26)27)29-11(8(15)21)20-5-17-7-9(20)18-13(16)19-10(7)22/h5-6,8,11,21,24H,4H2,1-3H3,(H2,25,26,27)(H3,16,18,19,22)/t6-,8+,11-,15-/m1/s1. The first-order valence-corrected chi connectivity index (χ1v) is 10.2. The topological polar surface area (TPSA) is 223 Å². The monoisotopic (exact) mass is 447 g/mol. The Bertz CT molecular complexity index is 1090. The number of aliphatic hydroxyl groups is 2. The number of aromatic nitrogens is 4. The molecule has 2 aromatic rings. The first-order valence-electron chi connectivity index (χ1n) is 8.69. The third-order valence-electron chi connectivity index (χ3n) is 4.68. The number of nitrogens with two attached hydrogens (primary N) is 1. The van der Waals surface area contributed by atoms with Gasteiger partial charge >= 0.3 is 7.82 Å². The number of nitrogens with one attached hydrogen (secondary N) is 1. The molecule has 0 spiro atoms. The summed E-state index contributed by atoms with van der Waals surface area (Å²) in [6.07, 6.45) is -3.98. The Labute approximate surface area is 168 Å². The minimum atomic E-state index is -4.97. The minimum Gasteiger partial charge on any atom is -0.385 e. The van der Waals surface area contributed by atoms with Crippen LogP contribution in [0.1, 0.15) is 27.0 Å². The zero-order valence-corrected chi connectivity index (χ0v) is 17.1. The van der Waals surface area contributed by atoms with E-state index in [0.29, 0.717) is 0 Å². The Kier molecular flexibility index (Phi) is 5.40. The molecule has 14 nitrogen and oxygen atoms in total. The van der Waals surface area contributed by atoms with Crippen LogP contribution in [0.4, 0.5) is 5.95 Å². The SMILES string of the molecule is CC(C)(C)C(=O)[C@@]1(O)[C@@H](COP(=O)(O)O)O[C@@H](n2cnc3c(=O)[nH]c(N)nc32)[C@@H]1O. The van der Waals surface area contributed by atoms with Crippen molar-refractivity contribution in [2.75, 3.05) is 12.3 Å². The first-order chi connectivity index (χ1) is 13.7. The number of carbonyl (C=O) groups is 1. The van der Waals surface area contributed by atoms with E-state index in [9.17, 15) is 24.4 Å². The molecular formula is C15H22N5O9P. The molecule has 1 aliphatic heterocycles. The van der Waals surface area contributed by atoms with Crippen LogP contribution in [0.3, 0.4) is 0 Å². The molecule has 166 valence electrons. The van der Waals surface area contributed by atoms with Gasteiger partial charge in [0.2, 0.25) is 5.95 Å². The van der Waals surface area contributed by atoms with Crippen LogP contribution in [-0.4, -0.2) is 69.7 Å².